The molecule has 0 saturated heterocycles. The molecule has 2 rings (SSSR count). The van der Waals surface area contributed by atoms with Crippen molar-refractivity contribution < 1.29 is 9.59 Å². The second-order valence-corrected chi connectivity index (χ2v) is 7.30. The molecular weight excluding hydrogens is 320 g/mol. The minimum Gasteiger partial charge on any atom is -0.300 e. The molecular formula is C24H30O2. The summed E-state index contributed by atoms with van der Waals surface area (Å²) in [5, 5.41) is 0. The van der Waals surface area contributed by atoms with E-state index in [1.54, 1.807) is 13.8 Å². The molecule has 0 atom stereocenters. The van der Waals surface area contributed by atoms with E-state index < -0.39 is 0 Å². The van der Waals surface area contributed by atoms with Crippen molar-refractivity contribution in [2.24, 2.45) is 0 Å². The lowest BCUT2D eigenvalue weighted by atomic mass is 10.0. The first kappa shape index (κ1) is 20.1. The fraction of sp³-hybridized carbons (Fsp3) is 0.417. The van der Waals surface area contributed by atoms with E-state index in [4.69, 9.17) is 0 Å². The third kappa shape index (κ3) is 7.77. The Bertz CT molecular complexity index is 632. The minimum absolute atomic E-state index is 0.214. The topological polar surface area (TPSA) is 34.1 Å². The summed E-state index contributed by atoms with van der Waals surface area (Å²) in [6.45, 7) is 3.27. The van der Waals surface area contributed by atoms with Gasteiger partial charge in [-0.15, -0.1) is 0 Å². The van der Waals surface area contributed by atoms with Crippen LogP contribution in [0, 0.1) is 0 Å². The van der Waals surface area contributed by atoms with Crippen molar-refractivity contribution in [1.29, 1.82) is 0 Å². The Labute approximate surface area is 157 Å². The smallest absolute Gasteiger partial charge is 0.134 e. The van der Waals surface area contributed by atoms with Crippen LogP contribution in [0.4, 0.5) is 0 Å². The molecule has 2 heteroatoms. The number of Topliss-reactive ketones (excluding diaryl/α,β-unsaturated/α-hetero) is 2. The van der Waals surface area contributed by atoms with Crippen LogP contribution in [-0.4, -0.2) is 11.6 Å². The molecule has 0 fully saturated rings. The molecule has 0 N–H and O–H groups in total. The van der Waals surface area contributed by atoms with Crippen LogP contribution in [0.3, 0.4) is 0 Å². The Kier molecular flexibility index (Phi) is 8.27. The zero-order chi connectivity index (χ0) is 18.8. The van der Waals surface area contributed by atoms with Gasteiger partial charge >= 0.3 is 0 Å². The third-order valence-electron chi connectivity index (χ3n) is 4.63. The molecule has 0 heterocycles. The summed E-state index contributed by atoms with van der Waals surface area (Å²) in [5.74, 6) is 0.428. The molecule has 0 radical (unpaired) electrons. The van der Waals surface area contributed by atoms with Gasteiger partial charge in [0.2, 0.25) is 0 Å². The molecule has 0 aliphatic carbocycles. The van der Waals surface area contributed by atoms with Crippen LogP contribution < -0.4 is 0 Å². The molecule has 0 saturated carbocycles. The molecule has 0 bridgehead atoms. The van der Waals surface area contributed by atoms with Crippen LogP contribution in [0.15, 0.2) is 48.5 Å². The van der Waals surface area contributed by atoms with Gasteiger partial charge in [0.25, 0.3) is 0 Å². The lowest BCUT2D eigenvalue weighted by molar-refractivity contribution is -0.117. The number of carbonyl (C=O) groups is 2. The predicted molar refractivity (Wildman–Crippen MR) is 108 cm³/mol. The lowest BCUT2D eigenvalue weighted by Crippen LogP contribution is -1.96. The molecule has 2 aromatic rings. The van der Waals surface area contributed by atoms with E-state index >= 15 is 0 Å². The first-order chi connectivity index (χ1) is 12.5. The Hall–Kier alpha value is -2.22. The van der Waals surface area contributed by atoms with Crippen LogP contribution in [0.1, 0.15) is 61.8 Å². The van der Waals surface area contributed by atoms with E-state index in [0.29, 0.717) is 12.8 Å². The number of hydrogen-bond donors (Lipinski definition) is 0. The van der Waals surface area contributed by atoms with Crippen LogP contribution in [0.5, 0.6) is 0 Å². The summed E-state index contributed by atoms with van der Waals surface area (Å²) in [6.07, 6.45) is 8.22. The second-order valence-electron chi connectivity index (χ2n) is 7.30. The number of rotatable bonds is 11. The van der Waals surface area contributed by atoms with E-state index in [-0.39, 0.29) is 11.6 Å². The average molecular weight is 351 g/mol. The fourth-order valence-electron chi connectivity index (χ4n) is 3.23. The number of benzene rings is 2. The van der Waals surface area contributed by atoms with Crippen molar-refractivity contribution >= 4 is 11.6 Å². The van der Waals surface area contributed by atoms with Gasteiger partial charge in [0, 0.05) is 12.8 Å². The SMILES string of the molecule is CC(=O)Cc1ccc(CCCCCCc2ccc(CC(C)=O)cc2)cc1. The van der Waals surface area contributed by atoms with Crippen LogP contribution in [-0.2, 0) is 35.3 Å². The number of unbranched alkanes of at least 4 members (excludes halogenated alkanes) is 3. The van der Waals surface area contributed by atoms with E-state index in [2.05, 4.69) is 48.5 Å². The Morgan fingerprint density at radius 2 is 0.846 bits per heavy atom. The van der Waals surface area contributed by atoms with Gasteiger partial charge in [-0.2, -0.15) is 0 Å². The van der Waals surface area contributed by atoms with Gasteiger partial charge in [-0.3, -0.25) is 9.59 Å². The van der Waals surface area contributed by atoms with Gasteiger partial charge in [0.1, 0.15) is 11.6 Å². The summed E-state index contributed by atoms with van der Waals surface area (Å²) in [7, 11) is 0. The van der Waals surface area contributed by atoms with Crippen molar-refractivity contribution in [3.63, 3.8) is 0 Å². The normalized spacial score (nSPS) is 10.7. The largest absolute Gasteiger partial charge is 0.300 e. The van der Waals surface area contributed by atoms with Gasteiger partial charge < -0.3 is 0 Å². The molecule has 2 aromatic carbocycles. The van der Waals surface area contributed by atoms with E-state index in [1.807, 2.05) is 0 Å². The van der Waals surface area contributed by atoms with Crippen molar-refractivity contribution in [2.45, 2.75) is 65.2 Å². The maximum absolute atomic E-state index is 11.1. The van der Waals surface area contributed by atoms with Crippen LogP contribution in [0.2, 0.25) is 0 Å². The first-order valence-electron chi connectivity index (χ1n) is 9.67. The monoisotopic (exact) mass is 350 g/mol. The van der Waals surface area contributed by atoms with Gasteiger partial charge in [0.05, 0.1) is 0 Å². The van der Waals surface area contributed by atoms with E-state index in [9.17, 15) is 9.59 Å². The third-order valence-corrected chi connectivity index (χ3v) is 4.63. The molecule has 26 heavy (non-hydrogen) atoms. The highest BCUT2D eigenvalue weighted by molar-refractivity contribution is 5.78. The van der Waals surface area contributed by atoms with Gasteiger partial charge in [-0.1, -0.05) is 61.4 Å². The lowest BCUT2D eigenvalue weighted by Gasteiger charge is -2.05. The summed E-state index contributed by atoms with van der Waals surface area (Å²) >= 11 is 0. The number of aryl methyl sites for hydroxylation is 2. The summed E-state index contributed by atoms with van der Waals surface area (Å²) < 4.78 is 0. The van der Waals surface area contributed by atoms with Crippen LogP contribution >= 0.6 is 0 Å². The molecule has 138 valence electrons. The highest BCUT2D eigenvalue weighted by Gasteiger charge is 2.00. The van der Waals surface area contributed by atoms with E-state index in [0.717, 1.165) is 24.0 Å². The quantitative estimate of drug-likeness (QED) is 0.516. The van der Waals surface area contributed by atoms with Crippen molar-refractivity contribution in [2.75, 3.05) is 0 Å². The van der Waals surface area contributed by atoms with Crippen molar-refractivity contribution in [1.82, 2.24) is 0 Å². The molecule has 0 unspecified atom stereocenters. The molecule has 2 nitrogen and oxygen atoms in total. The molecule has 0 amide bonds. The fourth-order valence-corrected chi connectivity index (χ4v) is 3.23. The van der Waals surface area contributed by atoms with Gasteiger partial charge in [0.15, 0.2) is 0 Å². The molecule has 0 aromatic heterocycles. The average Bonchev–Trinajstić information content (AvgIpc) is 2.60. The molecule has 0 aliphatic heterocycles. The standard InChI is InChI=1S/C24H30O2/c1-19(25)17-23-13-9-21(10-14-23)7-5-3-4-6-8-22-11-15-24(16-12-22)18-20(2)26/h9-16H,3-8,17-18H2,1-2H3. The Morgan fingerprint density at radius 1 is 0.538 bits per heavy atom. The van der Waals surface area contributed by atoms with Gasteiger partial charge in [-0.25, -0.2) is 0 Å². The first-order valence-corrected chi connectivity index (χ1v) is 9.67. The zero-order valence-corrected chi connectivity index (χ0v) is 16.1. The highest BCUT2D eigenvalue weighted by atomic mass is 16.1. The highest BCUT2D eigenvalue weighted by Crippen LogP contribution is 2.13. The number of carbonyl (C=O) groups excluding carboxylic acids is 2. The minimum atomic E-state index is 0.214. The maximum atomic E-state index is 11.1. The maximum Gasteiger partial charge on any atom is 0.134 e. The zero-order valence-electron chi connectivity index (χ0n) is 16.1. The Balaban J connectivity index is 1.60. The second kappa shape index (κ2) is 10.7. The number of ketones is 2. The number of hydrogen-bond acceptors (Lipinski definition) is 2. The summed E-state index contributed by atoms with van der Waals surface area (Å²) in [5.41, 5.74) is 4.93. The predicted octanol–water partition coefficient (Wildman–Crippen LogP) is 5.30. The molecule has 0 spiro atoms. The van der Waals surface area contributed by atoms with Crippen molar-refractivity contribution in [3.8, 4) is 0 Å². The van der Waals surface area contributed by atoms with Gasteiger partial charge in [-0.05, 0) is 61.8 Å². The van der Waals surface area contributed by atoms with E-state index in [1.165, 1.54) is 36.8 Å². The summed E-state index contributed by atoms with van der Waals surface area (Å²) in [4.78, 5) is 22.2. The molecule has 0 aliphatic rings. The van der Waals surface area contributed by atoms with Crippen LogP contribution in [0.25, 0.3) is 0 Å². The summed E-state index contributed by atoms with van der Waals surface area (Å²) in [6, 6.07) is 16.9. The Morgan fingerprint density at radius 3 is 1.15 bits per heavy atom. The van der Waals surface area contributed by atoms with Crippen molar-refractivity contribution in [3.05, 3.63) is 70.8 Å².